The van der Waals surface area contributed by atoms with Crippen molar-refractivity contribution in [3.05, 3.63) is 46.8 Å². The second-order valence-electron chi connectivity index (χ2n) is 4.98. The summed E-state index contributed by atoms with van der Waals surface area (Å²) in [5, 5.41) is 10.5. The first-order valence-electron chi connectivity index (χ1n) is 6.88. The molecule has 2 aromatic rings. The van der Waals surface area contributed by atoms with Crippen LogP contribution in [0.1, 0.15) is 17.5 Å². The molecule has 0 saturated heterocycles. The topological polar surface area (TPSA) is 40.9 Å². The van der Waals surface area contributed by atoms with E-state index in [0.717, 1.165) is 22.4 Å². The molecule has 0 spiro atoms. The first-order chi connectivity index (χ1) is 10.6. The molecule has 0 amide bonds. The number of hydrogen-bond acceptors (Lipinski definition) is 3. The number of hydrogen-bond donors (Lipinski definition) is 0. The molecule has 5 heteroatoms. The SMILES string of the molecule is N#CCC(=O)Cc1cccc(-c2sccc2CC(Cl)CCl)c1. The van der Waals surface area contributed by atoms with Gasteiger partial charge >= 0.3 is 0 Å². The number of nitriles is 1. The van der Waals surface area contributed by atoms with Crippen molar-refractivity contribution in [2.24, 2.45) is 0 Å². The Bertz CT molecular complexity index is 690. The summed E-state index contributed by atoms with van der Waals surface area (Å²) >= 11 is 13.6. The fourth-order valence-electron chi connectivity index (χ4n) is 2.24. The van der Waals surface area contributed by atoms with Crippen molar-refractivity contribution >= 4 is 40.3 Å². The van der Waals surface area contributed by atoms with Gasteiger partial charge in [-0.05, 0) is 40.6 Å². The molecular weight excluding hydrogens is 337 g/mol. The van der Waals surface area contributed by atoms with Gasteiger partial charge in [0, 0.05) is 17.2 Å². The number of rotatable bonds is 7. The minimum Gasteiger partial charge on any atom is -0.298 e. The van der Waals surface area contributed by atoms with Gasteiger partial charge in [0.15, 0.2) is 5.78 Å². The van der Waals surface area contributed by atoms with Crippen molar-refractivity contribution < 1.29 is 4.79 Å². The molecule has 1 heterocycles. The standard InChI is InChI=1S/C17H15Cl2NOS/c18-11-15(19)10-14-5-7-22-17(14)13-3-1-2-12(8-13)9-16(21)4-6-20/h1-3,5,7-8,15H,4,9-11H2. The number of Topliss-reactive ketones (excluding diaryl/α,β-unsaturated/α-hetero) is 1. The molecule has 22 heavy (non-hydrogen) atoms. The van der Waals surface area contributed by atoms with Crippen LogP contribution in [0.4, 0.5) is 0 Å². The zero-order valence-electron chi connectivity index (χ0n) is 11.9. The van der Waals surface area contributed by atoms with Crippen molar-refractivity contribution in [1.82, 2.24) is 0 Å². The molecule has 0 bridgehead atoms. The fourth-order valence-corrected chi connectivity index (χ4v) is 3.45. The average Bonchev–Trinajstić information content (AvgIpc) is 2.95. The van der Waals surface area contributed by atoms with Crippen LogP contribution in [0.5, 0.6) is 0 Å². The largest absolute Gasteiger partial charge is 0.298 e. The van der Waals surface area contributed by atoms with Crippen LogP contribution < -0.4 is 0 Å². The molecule has 0 N–H and O–H groups in total. The van der Waals surface area contributed by atoms with E-state index in [2.05, 4.69) is 6.07 Å². The van der Waals surface area contributed by atoms with Gasteiger partial charge in [0.05, 0.1) is 17.9 Å². The maximum atomic E-state index is 11.6. The van der Waals surface area contributed by atoms with E-state index in [0.29, 0.717) is 12.3 Å². The van der Waals surface area contributed by atoms with Crippen molar-refractivity contribution in [1.29, 1.82) is 5.26 Å². The summed E-state index contributed by atoms with van der Waals surface area (Å²) in [4.78, 5) is 12.8. The molecule has 1 aromatic carbocycles. The van der Waals surface area contributed by atoms with Crippen molar-refractivity contribution in [3.63, 3.8) is 0 Å². The number of alkyl halides is 2. The molecule has 0 saturated carbocycles. The van der Waals surface area contributed by atoms with E-state index in [4.69, 9.17) is 28.5 Å². The van der Waals surface area contributed by atoms with Crippen LogP contribution in [0, 0.1) is 11.3 Å². The van der Waals surface area contributed by atoms with Crippen molar-refractivity contribution in [2.75, 3.05) is 5.88 Å². The molecular formula is C17H15Cl2NOS. The lowest BCUT2D eigenvalue weighted by atomic mass is 10.0. The van der Waals surface area contributed by atoms with E-state index in [1.807, 2.05) is 35.7 Å². The van der Waals surface area contributed by atoms with E-state index in [1.165, 1.54) is 5.56 Å². The van der Waals surface area contributed by atoms with Gasteiger partial charge in [-0.3, -0.25) is 4.79 Å². The number of carbonyl (C=O) groups excluding carboxylic acids is 1. The van der Waals surface area contributed by atoms with Crippen LogP contribution >= 0.6 is 34.5 Å². The Hall–Kier alpha value is -1.34. The maximum absolute atomic E-state index is 11.6. The van der Waals surface area contributed by atoms with Gasteiger partial charge in [0.25, 0.3) is 0 Å². The summed E-state index contributed by atoms with van der Waals surface area (Å²) in [6.45, 7) is 0. The van der Waals surface area contributed by atoms with Gasteiger partial charge in [0.1, 0.15) is 0 Å². The van der Waals surface area contributed by atoms with Crippen LogP contribution in [-0.2, 0) is 17.6 Å². The van der Waals surface area contributed by atoms with Crippen LogP contribution in [0.15, 0.2) is 35.7 Å². The molecule has 2 rings (SSSR count). The molecule has 1 atom stereocenters. The lowest BCUT2D eigenvalue weighted by molar-refractivity contribution is -0.117. The second-order valence-corrected chi connectivity index (χ2v) is 6.82. The Morgan fingerprint density at radius 2 is 2.18 bits per heavy atom. The first kappa shape index (κ1) is 17.0. The van der Waals surface area contributed by atoms with Gasteiger partial charge in [-0.15, -0.1) is 34.5 Å². The zero-order valence-corrected chi connectivity index (χ0v) is 14.2. The molecule has 0 aliphatic carbocycles. The van der Waals surface area contributed by atoms with Gasteiger partial charge in [-0.2, -0.15) is 5.26 Å². The molecule has 2 nitrogen and oxygen atoms in total. The van der Waals surface area contributed by atoms with Crippen molar-refractivity contribution in [2.45, 2.75) is 24.6 Å². The zero-order chi connectivity index (χ0) is 15.9. The average molecular weight is 352 g/mol. The normalized spacial score (nSPS) is 11.9. The monoisotopic (exact) mass is 351 g/mol. The predicted octanol–water partition coefficient (Wildman–Crippen LogP) is 4.83. The molecule has 1 aromatic heterocycles. The van der Waals surface area contributed by atoms with E-state index < -0.39 is 0 Å². The second kappa shape index (κ2) is 8.33. The Morgan fingerprint density at radius 1 is 1.36 bits per heavy atom. The molecule has 0 aliphatic rings. The molecule has 0 fully saturated rings. The highest BCUT2D eigenvalue weighted by molar-refractivity contribution is 7.13. The summed E-state index contributed by atoms with van der Waals surface area (Å²) in [5.41, 5.74) is 3.17. The highest BCUT2D eigenvalue weighted by Crippen LogP contribution is 2.32. The van der Waals surface area contributed by atoms with Gasteiger partial charge in [-0.25, -0.2) is 0 Å². The Balaban J connectivity index is 2.21. The predicted molar refractivity (Wildman–Crippen MR) is 92.8 cm³/mol. The first-order valence-corrected chi connectivity index (χ1v) is 8.73. The third-order valence-electron chi connectivity index (χ3n) is 3.22. The third-order valence-corrected chi connectivity index (χ3v) is 5.07. The summed E-state index contributed by atoms with van der Waals surface area (Å²) in [6.07, 6.45) is 0.974. The van der Waals surface area contributed by atoms with E-state index >= 15 is 0 Å². The number of benzene rings is 1. The van der Waals surface area contributed by atoms with Gasteiger partial charge in [-0.1, -0.05) is 18.2 Å². The lowest BCUT2D eigenvalue weighted by Crippen LogP contribution is -2.04. The highest BCUT2D eigenvalue weighted by Gasteiger charge is 2.12. The Morgan fingerprint density at radius 3 is 2.91 bits per heavy atom. The smallest absolute Gasteiger partial charge is 0.151 e. The molecule has 0 radical (unpaired) electrons. The summed E-state index contributed by atoms with van der Waals surface area (Å²) < 4.78 is 0. The quantitative estimate of drug-likeness (QED) is 0.670. The summed E-state index contributed by atoms with van der Waals surface area (Å²) in [6, 6.07) is 11.8. The highest BCUT2D eigenvalue weighted by atomic mass is 35.5. The van der Waals surface area contributed by atoms with E-state index in [9.17, 15) is 4.79 Å². The summed E-state index contributed by atoms with van der Waals surface area (Å²) in [5.74, 6) is 0.355. The fraction of sp³-hybridized carbons (Fsp3) is 0.294. The number of ketones is 1. The van der Waals surface area contributed by atoms with Crippen LogP contribution in [0.3, 0.4) is 0 Å². The van der Waals surface area contributed by atoms with E-state index in [-0.39, 0.29) is 17.6 Å². The number of thiophene rings is 1. The Labute approximate surface area is 144 Å². The van der Waals surface area contributed by atoms with Gasteiger partial charge < -0.3 is 0 Å². The van der Waals surface area contributed by atoms with E-state index in [1.54, 1.807) is 11.3 Å². The molecule has 114 valence electrons. The lowest BCUT2D eigenvalue weighted by Gasteiger charge is -2.08. The van der Waals surface area contributed by atoms with Gasteiger partial charge in [0.2, 0.25) is 0 Å². The number of nitrogens with zero attached hydrogens (tertiary/aromatic N) is 1. The molecule has 1 unspecified atom stereocenters. The minimum atomic E-state index is -0.0876. The third kappa shape index (κ3) is 4.58. The van der Waals surface area contributed by atoms with Crippen LogP contribution in [0.25, 0.3) is 10.4 Å². The van der Waals surface area contributed by atoms with Crippen LogP contribution in [0.2, 0.25) is 0 Å². The maximum Gasteiger partial charge on any atom is 0.151 e. The Kier molecular flexibility index (Phi) is 6.45. The van der Waals surface area contributed by atoms with Crippen LogP contribution in [-0.4, -0.2) is 17.0 Å². The summed E-state index contributed by atoms with van der Waals surface area (Å²) in [7, 11) is 0. The van der Waals surface area contributed by atoms with Crippen molar-refractivity contribution in [3.8, 4) is 16.5 Å². The molecule has 0 aliphatic heterocycles. The minimum absolute atomic E-state index is 0.0435. The number of carbonyl (C=O) groups is 1. The number of halogens is 2.